The standard InChI is InChI=1S/C21H27FN2O2/c22-18-4-1-3-17(10-18)19(25)23-5-2-6-24-20(26)21-11-14-7-15(12-21)9-16(8-14)13-21/h1,3-4,10,14-16H,2,5-9,11-13H2,(H,23,25)(H,24,26). The quantitative estimate of drug-likeness (QED) is 0.767. The Morgan fingerprint density at radius 1 is 1.00 bits per heavy atom. The lowest BCUT2D eigenvalue weighted by molar-refractivity contribution is -0.146. The number of amides is 2. The lowest BCUT2D eigenvalue weighted by atomic mass is 9.49. The van der Waals surface area contributed by atoms with Crippen molar-refractivity contribution in [3.05, 3.63) is 35.6 Å². The zero-order chi connectivity index (χ0) is 18.1. The molecule has 0 aromatic heterocycles. The molecule has 5 heteroatoms. The Bertz CT molecular complexity index is 668. The first-order valence-electron chi connectivity index (χ1n) is 9.86. The molecule has 4 nitrogen and oxygen atoms in total. The van der Waals surface area contributed by atoms with Gasteiger partial charge in [-0.1, -0.05) is 6.07 Å². The molecule has 2 N–H and O–H groups in total. The zero-order valence-corrected chi connectivity index (χ0v) is 15.1. The van der Waals surface area contributed by atoms with Gasteiger partial charge in [-0.15, -0.1) is 0 Å². The molecule has 26 heavy (non-hydrogen) atoms. The molecule has 1 aromatic carbocycles. The van der Waals surface area contributed by atoms with Gasteiger partial charge >= 0.3 is 0 Å². The van der Waals surface area contributed by atoms with E-state index in [9.17, 15) is 14.0 Å². The van der Waals surface area contributed by atoms with Crippen LogP contribution < -0.4 is 10.6 Å². The van der Waals surface area contributed by atoms with E-state index in [0.29, 0.717) is 25.1 Å². The third kappa shape index (κ3) is 3.49. The summed E-state index contributed by atoms with van der Waals surface area (Å²) >= 11 is 0. The summed E-state index contributed by atoms with van der Waals surface area (Å²) in [4.78, 5) is 24.8. The first-order chi connectivity index (χ1) is 12.5. The molecule has 0 unspecified atom stereocenters. The predicted molar refractivity (Wildman–Crippen MR) is 97.0 cm³/mol. The Morgan fingerprint density at radius 3 is 2.23 bits per heavy atom. The van der Waals surface area contributed by atoms with Crippen molar-refractivity contribution in [2.75, 3.05) is 13.1 Å². The van der Waals surface area contributed by atoms with E-state index in [1.165, 1.54) is 37.5 Å². The Labute approximate surface area is 153 Å². The smallest absolute Gasteiger partial charge is 0.251 e. The minimum absolute atomic E-state index is 0.112. The molecule has 1 aromatic rings. The van der Waals surface area contributed by atoms with Gasteiger partial charge in [0, 0.05) is 24.1 Å². The van der Waals surface area contributed by atoms with Crippen LogP contribution in [0.1, 0.15) is 55.3 Å². The SMILES string of the molecule is O=C(NCCCNC(=O)C12CC3CC(CC(C3)C1)C2)c1cccc(F)c1. The summed E-state index contributed by atoms with van der Waals surface area (Å²) in [6, 6.07) is 5.66. The summed E-state index contributed by atoms with van der Waals surface area (Å²) in [5.41, 5.74) is 0.210. The van der Waals surface area contributed by atoms with Crippen LogP contribution >= 0.6 is 0 Å². The number of benzene rings is 1. The molecule has 4 fully saturated rings. The topological polar surface area (TPSA) is 58.2 Å². The van der Waals surface area contributed by atoms with Gasteiger partial charge in [0.15, 0.2) is 0 Å². The number of carbonyl (C=O) groups excluding carboxylic acids is 2. The van der Waals surface area contributed by atoms with Gasteiger partial charge in [0.25, 0.3) is 5.91 Å². The second-order valence-electron chi connectivity index (χ2n) is 8.57. The molecule has 0 aliphatic heterocycles. The molecule has 140 valence electrons. The maximum Gasteiger partial charge on any atom is 0.251 e. The van der Waals surface area contributed by atoms with Crippen LogP contribution in [-0.4, -0.2) is 24.9 Å². The van der Waals surface area contributed by atoms with Crippen LogP contribution in [0.2, 0.25) is 0 Å². The van der Waals surface area contributed by atoms with Crippen molar-refractivity contribution in [3.8, 4) is 0 Å². The Kier molecular flexibility index (Phi) is 4.72. The Morgan fingerprint density at radius 2 is 1.62 bits per heavy atom. The first-order valence-corrected chi connectivity index (χ1v) is 9.86. The minimum atomic E-state index is -0.416. The van der Waals surface area contributed by atoms with Gasteiger partial charge in [-0.3, -0.25) is 9.59 Å². The summed E-state index contributed by atoms with van der Waals surface area (Å²) in [5, 5.41) is 5.89. The van der Waals surface area contributed by atoms with E-state index in [2.05, 4.69) is 10.6 Å². The van der Waals surface area contributed by atoms with Crippen LogP contribution in [0.3, 0.4) is 0 Å². The number of halogens is 1. The number of nitrogens with one attached hydrogen (secondary N) is 2. The first kappa shape index (κ1) is 17.5. The predicted octanol–water partition coefficient (Wildman–Crippen LogP) is 3.28. The lowest BCUT2D eigenvalue weighted by Gasteiger charge is -2.55. The van der Waals surface area contributed by atoms with E-state index in [1.807, 2.05) is 0 Å². The highest BCUT2D eigenvalue weighted by atomic mass is 19.1. The number of carbonyl (C=O) groups is 2. The summed E-state index contributed by atoms with van der Waals surface area (Å²) in [6.07, 6.45) is 7.89. The van der Waals surface area contributed by atoms with Crippen molar-refractivity contribution < 1.29 is 14.0 Å². The molecule has 4 bridgehead atoms. The molecule has 2 amide bonds. The molecule has 4 aliphatic carbocycles. The number of hydrogen-bond donors (Lipinski definition) is 2. The van der Waals surface area contributed by atoms with E-state index in [1.54, 1.807) is 6.07 Å². The van der Waals surface area contributed by atoms with Gasteiger partial charge in [0.1, 0.15) is 5.82 Å². The molecular formula is C21H27FN2O2. The molecule has 0 heterocycles. The van der Waals surface area contributed by atoms with Crippen LogP contribution in [0.15, 0.2) is 24.3 Å². The maximum atomic E-state index is 13.1. The molecule has 0 spiro atoms. The summed E-state index contributed by atoms with van der Waals surface area (Å²) in [7, 11) is 0. The summed E-state index contributed by atoms with van der Waals surface area (Å²) < 4.78 is 13.1. The number of rotatable bonds is 6. The minimum Gasteiger partial charge on any atom is -0.356 e. The van der Waals surface area contributed by atoms with Crippen molar-refractivity contribution in [2.45, 2.75) is 44.9 Å². The van der Waals surface area contributed by atoms with Gasteiger partial charge < -0.3 is 10.6 Å². The third-order valence-corrected chi connectivity index (χ3v) is 6.53. The van der Waals surface area contributed by atoms with Gasteiger partial charge in [0.05, 0.1) is 0 Å². The highest BCUT2D eigenvalue weighted by Gasteiger charge is 2.54. The molecule has 0 saturated heterocycles. The molecule has 5 rings (SSSR count). The second kappa shape index (κ2) is 7.01. The van der Waals surface area contributed by atoms with E-state index in [4.69, 9.17) is 0 Å². The molecule has 4 saturated carbocycles. The Balaban J connectivity index is 1.20. The average Bonchev–Trinajstić information content (AvgIpc) is 2.60. The number of hydrogen-bond acceptors (Lipinski definition) is 2. The van der Waals surface area contributed by atoms with E-state index in [-0.39, 0.29) is 17.2 Å². The van der Waals surface area contributed by atoms with Crippen molar-refractivity contribution in [1.82, 2.24) is 10.6 Å². The van der Waals surface area contributed by atoms with E-state index in [0.717, 1.165) is 37.0 Å². The third-order valence-electron chi connectivity index (χ3n) is 6.53. The van der Waals surface area contributed by atoms with Crippen LogP contribution in [-0.2, 0) is 4.79 Å². The van der Waals surface area contributed by atoms with Gasteiger partial charge in [-0.05, 0) is 80.9 Å². The van der Waals surface area contributed by atoms with Crippen molar-refractivity contribution in [1.29, 1.82) is 0 Å². The van der Waals surface area contributed by atoms with Crippen molar-refractivity contribution in [2.24, 2.45) is 23.2 Å². The van der Waals surface area contributed by atoms with Crippen LogP contribution in [0.4, 0.5) is 4.39 Å². The normalized spacial score (nSPS) is 31.7. The zero-order valence-electron chi connectivity index (χ0n) is 15.1. The summed E-state index contributed by atoms with van der Waals surface area (Å²) in [5.74, 6) is 1.82. The van der Waals surface area contributed by atoms with Crippen molar-refractivity contribution in [3.63, 3.8) is 0 Å². The largest absolute Gasteiger partial charge is 0.356 e. The van der Waals surface area contributed by atoms with Crippen LogP contribution in [0.25, 0.3) is 0 Å². The van der Waals surface area contributed by atoms with Gasteiger partial charge in [0.2, 0.25) is 5.91 Å². The fraction of sp³-hybridized carbons (Fsp3) is 0.619. The van der Waals surface area contributed by atoms with E-state index >= 15 is 0 Å². The highest BCUT2D eigenvalue weighted by Crippen LogP contribution is 2.60. The fourth-order valence-corrected chi connectivity index (χ4v) is 5.80. The van der Waals surface area contributed by atoms with E-state index < -0.39 is 5.82 Å². The average molecular weight is 358 g/mol. The fourth-order valence-electron chi connectivity index (χ4n) is 5.80. The molecule has 4 aliphatic rings. The second-order valence-corrected chi connectivity index (χ2v) is 8.57. The monoisotopic (exact) mass is 358 g/mol. The van der Waals surface area contributed by atoms with Crippen molar-refractivity contribution >= 4 is 11.8 Å². The lowest BCUT2D eigenvalue weighted by Crippen LogP contribution is -2.53. The molecular weight excluding hydrogens is 331 g/mol. The summed E-state index contributed by atoms with van der Waals surface area (Å²) in [6.45, 7) is 1.04. The van der Waals surface area contributed by atoms with Crippen LogP contribution in [0.5, 0.6) is 0 Å². The molecule has 0 atom stereocenters. The van der Waals surface area contributed by atoms with Gasteiger partial charge in [-0.2, -0.15) is 0 Å². The maximum absolute atomic E-state index is 13.1. The molecule has 0 radical (unpaired) electrons. The highest BCUT2D eigenvalue weighted by molar-refractivity contribution is 5.94. The Hall–Kier alpha value is -1.91. The van der Waals surface area contributed by atoms with Gasteiger partial charge in [-0.25, -0.2) is 4.39 Å². The van der Waals surface area contributed by atoms with Crippen LogP contribution in [0, 0.1) is 29.0 Å².